The minimum absolute atomic E-state index is 0.0517. The van der Waals surface area contributed by atoms with Crippen molar-refractivity contribution in [3.63, 3.8) is 0 Å². The topological polar surface area (TPSA) is 62.3 Å². The molecule has 28 heavy (non-hydrogen) atoms. The summed E-state index contributed by atoms with van der Waals surface area (Å²) in [6.45, 7) is 4.08. The highest BCUT2D eigenvalue weighted by Gasteiger charge is 2.21. The molecule has 0 saturated carbocycles. The van der Waals surface area contributed by atoms with Gasteiger partial charge in [-0.05, 0) is 72.7 Å². The molecule has 5 heteroatoms. The lowest BCUT2D eigenvalue weighted by Gasteiger charge is -2.24. The van der Waals surface area contributed by atoms with Crippen LogP contribution in [0, 0.1) is 0 Å². The highest BCUT2D eigenvalue weighted by Crippen LogP contribution is 2.34. The maximum absolute atomic E-state index is 11.9. The van der Waals surface area contributed by atoms with Gasteiger partial charge in [0.25, 0.3) is 0 Å². The molecule has 1 aliphatic rings. The minimum atomic E-state index is 0.0517. The fraction of sp³-hybridized carbons (Fsp3) is 0.261. The zero-order valence-corrected chi connectivity index (χ0v) is 16.5. The van der Waals surface area contributed by atoms with Gasteiger partial charge in [0, 0.05) is 37.7 Å². The lowest BCUT2D eigenvalue weighted by atomic mass is 9.86. The van der Waals surface area contributed by atoms with Crippen molar-refractivity contribution >= 4 is 23.6 Å². The van der Waals surface area contributed by atoms with E-state index in [9.17, 15) is 9.59 Å². The molecule has 0 bridgehead atoms. The van der Waals surface area contributed by atoms with E-state index in [0.717, 1.165) is 46.4 Å². The van der Waals surface area contributed by atoms with Crippen molar-refractivity contribution < 1.29 is 9.59 Å². The largest absolute Gasteiger partial charge is 0.326 e. The Morgan fingerprint density at radius 2 is 1.93 bits per heavy atom. The number of pyridine rings is 1. The van der Waals surface area contributed by atoms with Crippen LogP contribution in [-0.2, 0) is 22.4 Å². The molecule has 1 aromatic carbocycles. The van der Waals surface area contributed by atoms with Crippen LogP contribution in [0.25, 0.3) is 5.57 Å². The summed E-state index contributed by atoms with van der Waals surface area (Å²) in [6.07, 6.45) is 10.2. The summed E-state index contributed by atoms with van der Waals surface area (Å²) in [5.41, 5.74) is 7.56. The average molecular weight is 375 g/mol. The number of nitrogens with one attached hydrogen (secondary N) is 1. The van der Waals surface area contributed by atoms with Crippen molar-refractivity contribution in [1.82, 2.24) is 9.88 Å². The Kier molecular flexibility index (Phi) is 6.04. The zero-order chi connectivity index (χ0) is 20.1. The summed E-state index contributed by atoms with van der Waals surface area (Å²) in [6, 6.07) is 8.01. The molecular weight excluding hydrogens is 350 g/mol. The van der Waals surface area contributed by atoms with Crippen molar-refractivity contribution in [2.75, 3.05) is 12.4 Å². The van der Waals surface area contributed by atoms with Crippen LogP contribution in [-0.4, -0.2) is 29.2 Å². The van der Waals surface area contributed by atoms with Gasteiger partial charge in [-0.1, -0.05) is 17.7 Å². The smallest absolute Gasteiger partial charge is 0.224 e. The molecule has 0 spiro atoms. The first-order valence-corrected chi connectivity index (χ1v) is 9.35. The number of allylic oxidation sites excluding steroid dienone is 3. The van der Waals surface area contributed by atoms with E-state index in [1.807, 2.05) is 44.3 Å². The Morgan fingerprint density at radius 3 is 2.61 bits per heavy atom. The first-order valence-electron chi connectivity index (χ1n) is 9.35. The van der Waals surface area contributed by atoms with E-state index >= 15 is 0 Å². The Hall–Kier alpha value is -3.21. The number of aromatic nitrogens is 1. The van der Waals surface area contributed by atoms with Crippen LogP contribution >= 0.6 is 0 Å². The number of amides is 2. The van der Waals surface area contributed by atoms with Crippen molar-refractivity contribution in [1.29, 1.82) is 0 Å². The lowest BCUT2D eigenvalue weighted by Crippen LogP contribution is -2.21. The summed E-state index contributed by atoms with van der Waals surface area (Å²) in [4.78, 5) is 28.7. The average Bonchev–Trinajstić information content (AvgIpc) is 2.67. The highest BCUT2D eigenvalue weighted by molar-refractivity contribution is 5.95. The molecule has 2 heterocycles. The van der Waals surface area contributed by atoms with Crippen molar-refractivity contribution in [2.24, 2.45) is 0 Å². The molecule has 2 aromatic rings. The third kappa shape index (κ3) is 4.55. The van der Waals surface area contributed by atoms with Gasteiger partial charge >= 0.3 is 0 Å². The first kappa shape index (κ1) is 19.5. The third-order valence-corrected chi connectivity index (χ3v) is 4.70. The normalized spacial score (nSPS) is 13.4. The van der Waals surface area contributed by atoms with Crippen LogP contribution < -0.4 is 5.32 Å². The van der Waals surface area contributed by atoms with Gasteiger partial charge in [-0.25, -0.2) is 0 Å². The molecule has 5 nitrogen and oxygen atoms in total. The van der Waals surface area contributed by atoms with E-state index in [0.29, 0.717) is 12.8 Å². The lowest BCUT2D eigenvalue weighted by molar-refractivity contribution is -0.116. The van der Waals surface area contributed by atoms with E-state index in [4.69, 9.17) is 0 Å². The molecule has 1 N–H and O–H groups in total. The molecule has 0 aliphatic carbocycles. The van der Waals surface area contributed by atoms with Gasteiger partial charge in [-0.2, -0.15) is 0 Å². The SMILES string of the molecule is CC(C)=C/C(=C\N(C)C=O)c1ccc2c(c1Cc1ccncc1)CCC(=O)N2. The van der Waals surface area contributed by atoms with E-state index < -0.39 is 0 Å². The monoisotopic (exact) mass is 375 g/mol. The molecule has 0 saturated heterocycles. The molecule has 0 fully saturated rings. The number of nitrogens with zero attached hydrogens (tertiary/aromatic N) is 2. The summed E-state index contributed by atoms with van der Waals surface area (Å²) in [5.74, 6) is 0.0517. The maximum Gasteiger partial charge on any atom is 0.224 e. The van der Waals surface area contributed by atoms with E-state index in [2.05, 4.69) is 16.4 Å². The van der Waals surface area contributed by atoms with Crippen LogP contribution in [0.2, 0.25) is 0 Å². The Morgan fingerprint density at radius 1 is 1.18 bits per heavy atom. The quantitative estimate of drug-likeness (QED) is 0.614. The van der Waals surface area contributed by atoms with Crippen molar-refractivity contribution in [3.8, 4) is 0 Å². The predicted molar refractivity (Wildman–Crippen MR) is 112 cm³/mol. The first-order chi connectivity index (χ1) is 13.5. The fourth-order valence-corrected chi connectivity index (χ4v) is 3.47. The summed E-state index contributed by atoms with van der Waals surface area (Å²) >= 11 is 0. The number of carbonyl (C=O) groups is 2. The molecule has 1 aliphatic heterocycles. The van der Waals surface area contributed by atoms with Crippen LogP contribution in [0.1, 0.15) is 42.5 Å². The Balaban J connectivity index is 2.18. The van der Waals surface area contributed by atoms with Gasteiger partial charge in [0.1, 0.15) is 0 Å². The second-order valence-electron chi connectivity index (χ2n) is 7.28. The van der Waals surface area contributed by atoms with Crippen molar-refractivity contribution in [2.45, 2.75) is 33.1 Å². The van der Waals surface area contributed by atoms with Gasteiger partial charge < -0.3 is 10.2 Å². The summed E-state index contributed by atoms with van der Waals surface area (Å²) < 4.78 is 0. The number of benzene rings is 1. The van der Waals surface area contributed by atoms with Crippen molar-refractivity contribution in [3.05, 3.63) is 76.8 Å². The van der Waals surface area contributed by atoms with Crippen LogP contribution in [0.3, 0.4) is 0 Å². The Bertz CT molecular complexity index is 942. The summed E-state index contributed by atoms with van der Waals surface area (Å²) in [7, 11) is 1.73. The van der Waals surface area contributed by atoms with Crippen LogP contribution in [0.15, 0.2) is 54.5 Å². The van der Waals surface area contributed by atoms with Gasteiger partial charge in [0.05, 0.1) is 0 Å². The van der Waals surface area contributed by atoms with Gasteiger partial charge in [-0.3, -0.25) is 14.6 Å². The molecule has 1 aromatic heterocycles. The molecule has 144 valence electrons. The molecular formula is C23H25N3O2. The van der Waals surface area contributed by atoms with Gasteiger partial charge in [0.2, 0.25) is 12.3 Å². The second kappa shape index (κ2) is 8.65. The number of anilines is 1. The van der Waals surface area contributed by atoms with E-state index in [-0.39, 0.29) is 5.91 Å². The standard InChI is InChI=1S/C23H25N3O2/c1-16(2)12-18(14-26(3)15-27)19-4-6-22-20(5-7-23(28)25-22)21(19)13-17-8-10-24-11-9-17/h4,6,8-12,14-15H,5,7,13H2,1-3H3,(H,25,28)/b18-14+. The molecule has 3 rings (SSSR count). The Labute approximate surface area is 165 Å². The summed E-state index contributed by atoms with van der Waals surface area (Å²) in [5, 5.41) is 2.99. The second-order valence-corrected chi connectivity index (χ2v) is 7.28. The molecule has 0 atom stereocenters. The highest BCUT2D eigenvalue weighted by atomic mass is 16.1. The molecule has 0 radical (unpaired) electrons. The third-order valence-electron chi connectivity index (χ3n) is 4.70. The van der Waals surface area contributed by atoms with E-state index in [1.54, 1.807) is 19.4 Å². The predicted octanol–water partition coefficient (Wildman–Crippen LogP) is 3.95. The van der Waals surface area contributed by atoms with Crippen LogP contribution in [0.5, 0.6) is 0 Å². The number of rotatable bonds is 6. The zero-order valence-electron chi connectivity index (χ0n) is 16.5. The van der Waals surface area contributed by atoms with Gasteiger partial charge in [-0.15, -0.1) is 0 Å². The van der Waals surface area contributed by atoms with Gasteiger partial charge in [0.15, 0.2) is 0 Å². The molecule has 2 amide bonds. The number of carbonyl (C=O) groups excluding carboxylic acids is 2. The number of fused-ring (bicyclic) bond motifs is 1. The number of hydrogen-bond acceptors (Lipinski definition) is 3. The minimum Gasteiger partial charge on any atom is -0.326 e. The number of hydrogen-bond donors (Lipinski definition) is 1. The maximum atomic E-state index is 11.9. The fourth-order valence-electron chi connectivity index (χ4n) is 3.47. The van der Waals surface area contributed by atoms with E-state index in [1.165, 1.54) is 10.5 Å². The van der Waals surface area contributed by atoms with Crippen LogP contribution in [0.4, 0.5) is 5.69 Å². The molecule has 0 unspecified atom stereocenters.